The molecule has 2 heterocycles. The second kappa shape index (κ2) is 7.42. The van der Waals surface area contributed by atoms with Crippen LogP contribution in [-0.2, 0) is 9.53 Å². The van der Waals surface area contributed by atoms with Crippen LogP contribution in [0.3, 0.4) is 0 Å². The number of ether oxygens (including phenoxy) is 1. The van der Waals surface area contributed by atoms with Gasteiger partial charge < -0.3 is 19.5 Å². The van der Waals surface area contributed by atoms with E-state index in [1.54, 1.807) is 11.0 Å². The fourth-order valence-electron chi connectivity index (χ4n) is 2.07. The lowest BCUT2D eigenvalue weighted by atomic mass is 10.2. The average molecular weight is 309 g/mol. The molecule has 0 N–H and O–H groups in total. The Balaban J connectivity index is 2.11. The molecule has 6 nitrogen and oxygen atoms in total. The van der Waals surface area contributed by atoms with Gasteiger partial charge in [-0.25, -0.2) is 4.98 Å². The first-order chi connectivity index (χ1) is 10.1. The third-order valence-corrected chi connectivity index (χ3v) is 4.58. The van der Waals surface area contributed by atoms with E-state index in [1.165, 1.54) is 24.0 Å². The van der Waals surface area contributed by atoms with Gasteiger partial charge in [-0.1, -0.05) is 18.7 Å². The number of thioether (sulfide) groups is 1. The molecule has 1 aliphatic heterocycles. The summed E-state index contributed by atoms with van der Waals surface area (Å²) in [7, 11) is 0. The highest BCUT2D eigenvalue weighted by atomic mass is 32.2. The van der Waals surface area contributed by atoms with Crippen molar-refractivity contribution in [2.24, 2.45) is 0 Å². The summed E-state index contributed by atoms with van der Waals surface area (Å²) in [4.78, 5) is 29.4. The summed E-state index contributed by atoms with van der Waals surface area (Å²) in [6, 6.07) is 2.98. The van der Waals surface area contributed by atoms with Gasteiger partial charge in [0.2, 0.25) is 5.91 Å². The highest BCUT2D eigenvalue weighted by molar-refractivity contribution is 8.00. The molecule has 0 radical (unpaired) electrons. The summed E-state index contributed by atoms with van der Waals surface area (Å²) in [5.74, 6) is -1.28. The van der Waals surface area contributed by atoms with Crippen molar-refractivity contribution >= 4 is 23.6 Å². The molecule has 1 aliphatic rings. The number of carboxylic acids is 1. The second-order valence-electron chi connectivity index (χ2n) is 4.60. The van der Waals surface area contributed by atoms with Crippen molar-refractivity contribution in [1.82, 2.24) is 9.88 Å². The van der Waals surface area contributed by atoms with Crippen LogP contribution in [0, 0.1) is 0 Å². The zero-order valence-electron chi connectivity index (χ0n) is 11.8. The van der Waals surface area contributed by atoms with Crippen LogP contribution in [0.4, 0.5) is 0 Å². The maximum Gasteiger partial charge on any atom is 0.236 e. The first-order valence-corrected chi connectivity index (χ1v) is 7.71. The standard InChI is InChI=1S/C14H18N2O4S/c1-2-11(13(17)16-6-8-20-9-7-16)21-12-10(14(18)19)4-3-5-15-12/h3-5,11H,2,6-9H2,1H3,(H,18,19)/p-1. The number of aromatic nitrogens is 1. The fourth-order valence-corrected chi connectivity index (χ4v) is 3.16. The third kappa shape index (κ3) is 3.95. The van der Waals surface area contributed by atoms with Gasteiger partial charge >= 0.3 is 0 Å². The summed E-state index contributed by atoms with van der Waals surface area (Å²) >= 11 is 1.18. The Morgan fingerprint density at radius 3 is 2.81 bits per heavy atom. The monoisotopic (exact) mass is 309 g/mol. The van der Waals surface area contributed by atoms with Gasteiger partial charge in [-0.2, -0.15) is 0 Å². The van der Waals surface area contributed by atoms with Gasteiger partial charge in [-0.3, -0.25) is 4.79 Å². The maximum atomic E-state index is 12.5. The summed E-state index contributed by atoms with van der Waals surface area (Å²) in [5.41, 5.74) is 0.0238. The molecule has 1 amide bonds. The van der Waals surface area contributed by atoms with Gasteiger partial charge in [0, 0.05) is 24.8 Å². The molecular weight excluding hydrogens is 292 g/mol. The molecule has 1 unspecified atom stereocenters. The molecule has 2 rings (SSSR count). The number of aromatic carboxylic acids is 1. The average Bonchev–Trinajstić information content (AvgIpc) is 2.53. The smallest absolute Gasteiger partial charge is 0.236 e. The molecule has 0 saturated carbocycles. The van der Waals surface area contributed by atoms with Crippen LogP contribution >= 0.6 is 11.8 Å². The van der Waals surface area contributed by atoms with Crippen molar-refractivity contribution < 1.29 is 19.4 Å². The lowest BCUT2D eigenvalue weighted by Gasteiger charge is -2.30. The third-order valence-electron chi connectivity index (χ3n) is 3.21. The van der Waals surface area contributed by atoms with E-state index in [0.717, 1.165) is 0 Å². The van der Waals surface area contributed by atoms with E-state index in [-0.39, 0.29) is 16.7 Å². The molecule has 0 aliphatic carbocycles. The highest BCUT2D eigenvalue weighted by Crippen LogP contribution is 2.28. The predicted octanol–water partition coefficient (Wildman–Crippen LogP) is 0.175. The maximum absolute atomic E-state index is 12.5. The number of nitrogens with zero attached hydrogens (tertiary/aromatic N) is 2. The lowest BCUT2D eigenvalue weighted by Crippen LogP contribution is -2.44. The molecule has 0 spiro atoms. The Bertz CT molecular complexity index is 517. The molecular formula is C14H17N2O4S-. The van der Waals surface area contributed by atoms with Crippen molar-refractivity contribution in [3.8, 4) is 0 Å². The number of morpholine rings is 1. The quantitative estimate of drug-likeness (QED) is 0.721. The predicted molar refractivity (Wildman–Crippen MR) is 75.9 cm³/mol. The number of carbonyl (C=O) groups excluding carboxylic acids is 2. The zero-order valence-corrected chi connectivity index (χ0v) is 12.6. The van der Waals surface area contributed by atoms with Gasteiger partial charge in [0.1, 0.15) is 5.03 Å². The Hall–Kier alpha value is -1.60. The van der Waals surface area contributed by atoms with Gasteiger partial charge in [0.25, 0.3) is 0 Å². The van der Waals surface area contributed by atoms with Crippen LogP contribution in [0.25, 0.3) is 0 Å². The Labute approximate surface area is 127 Å². The van der Waals surface area contributed by atoms with Crippen LogP contribution in [0.1, 0.15) is 23.7 Å². The van der Waals surface area contributed by atoms with E-state index in [0.29, 0.717) is 37.8 Å². The van der Waals surface area contributed by atoms with Crippen molar-refractivity contribution in [2.45, 2.75) is 23.6 Å². The van der Waals surface area contributed by atoms with E-state index >= 15 is 0 Å². The Morgan fingerprint density at radius 1 is 1.48 bits per heavy atom. The van der Waals surface area contributed by atoms with Crippen LogP contribution in [0.15, 0.2) is 23.4 Å². The van der Waals surface area contributed by atoms with E-state index in [1.807, 2.05) is 6.92 Å². The van der Waals surface area contributed by atoms with E-state index < -0.39 is 5.97 Å². The molecule has 1 atom stereocenters. The zero-order chi connectivity index (χ0) is 15.2. The summed E-state index contributed by atoms with van der Waals surface area (Å²) in [6.07, 6.45) is 2.12. The van der Waals surface area contributed by atoms with Gasteiger partial charge in [-0.15, -0.1) is 0 Å². The summed E-state index contributed by atoms with van der Waals surface area (Å²) < 4.78 is 5.23. The number of rotatable bonds is 5. The van der Waals surface area contributed by atoms with Gasteiger partial charge in [0.05, 0.1) is 24.4 Å². The first-order valence-electron chi connectivity index (χ1n) is 6.83. The molecule has 0 aromatic carbocycles. The van der Waals surface area contributed by atoms with Crippen LogP contribution < -0.4 is 5.11 Å². The molecule has 0 bridgehead atoms. The second-order valence-corrected chi connectivity index (χ2v) is 5.79. The number of hydrogen-bond acceptors (Lipinski definition) is 6. The molecule has 1 aromatic rings. The van der Waals surface area contributed by atoms with E-state index in [4.69, 9.17) is 4.74 Å². The minimum atomic E-state index is -1.28. The molecule has 114 valence electrons. The van der Waals surface area contributed by atoms with Crippen molar-refractivity contribution in [3.63, 3.8) is 0 Å². The number of pyridine rings is 1. The Morgan fingerprint density at radius 2 is 2.19 bits per heavy atom. The molecule has 1 fully saturated rings. The largest absolute Gasteiger partial charge is 0.545 e. The number of carbonyl (C=O) groups is 2. The molecule has 7 heteroatoms. The topological polar surface area (TPSA) is 82.6 Å². The highest BCUT2D eigenvalue weighted by Gasteiger charge is 2.26. The number of amides is 1. The molecule has 21 heavy (non-hydrogen) atoms. The Kier molecular flexibility index (Phi) is 5.58. The number of hydrogen-bond donors (Lipinski definition) is 0. The minimum Gasteiger partial charge on any atom is -0.545 e. The van der Waals surface area contributed by atoms with E-state index in [9.17, 15) is 14.7 Å². The lowest BCUT2D eigenvalue weighted by molar-refractivity contribution is -0.255. The number of carboxylic acid groups (broad SMARTS) is 1. The van der Waals surface area contributed by atoms with Gasteiger partial charge in [0.15, 0.2) is 0 Å². The minimum absolute atomic E-state index is 0.000695. The molecule has 1 aromatic heterocycles. The van der Waals surface area contributed by atoms with Crippen LogP contribution in [-0.4, -0.2) is 53.3 Å². The van der Waals surface area contributed by atoms with Crippen molar-refractivity contribution in [2.75, 3.05) is 26.3 Å². The van der Waals surface area contributed by atoms with Crippen molar-refractivity contribution in [3.05, 3.63) is 23.9 Å². The van der Waals surface area contributed by atoms with Gasteiger partial charge in [-0.05, 0) is 18.6 Å². The SMILES string of the molecule is CCC(Sc1ncccc1C(=O)[O-])C(=O)N1CCOCC1. The molecule has 1 saturated heterocycles. The van der Waals surface area contributed by atoms with E-state index in [2.05, 4.69) is 4.98 Å². The first kappa shape index (κ1) is 15.8. The van der Waals surface area contributed by atoms with Crippen LogP contribution in [0.2, 0.25) is 0 Å². The fraction of sp³-hybridized carbons (Fsp3) is 0.500. The van der Waals surface area contributed by atoms with Crippen LogP contribution in [0.5, 0.6) is 0 Å². The normalized spacial score (nSPS) is 16.5. The van der Waals surface area contributed by atoms with Crippen molar-refractivity contribution in [1.29, 1.82) is 0 Å². The summed E-state index contributed by atoms with van der Waals surface area (Å²) in [6.45, 7) is 4.13. The summed E-state index contributed by atoms with van der Waals surface area (Å²) in [5, 5.41) is 11.1.